The van der Waals surface area contributed by atoms with Crippen LogP contribution in [0.2, 0.25) is 0 Å². The molecule has 1 aliphatic carbocycles. The van der Waals surface area contributed by atoms with Gasteiger partial charge >= 0.3 is 49.4 Å². The third-order valence-corrected chi connectivity index (χ3v) is 12.9. The van der Waals surface area contributed by atoms with E-state index in [-0.39, 0.29) is 5.78 Å². The number of carbonyl (C=O) groups is 1. The fourth-order valence-corrected chi connectivity index (χ4v) is 9.52. The summed E-state index contributed by atoms with van der Waals surface area (Å²) in [6.07, 6.45) is -47.6. The zero-order valence-corrected chi connectivity index (χ0v) is 39.2. The third-order valence-electron chi connectivity index (χ3n) is 12.9. The highest BCUT2D eigenvalue weighted by molar-refractivity contribution is 7.20. The van der Waals surface area contributed by atoms with E-state index in [4.69, 9.17) is 0 Å². The summed E-state index contributed by atoms with van der Waals surface area (Å²) in [6.45, 7) is 2.61. The Morgan fingerprint density at radius 2 is 0.679 bits per heavy atom. The van der Waals surface area contributed by atoms with Gasteiger partial charge in [0.25, 0.3) is 0 Å². The van der Waals surface area contributed by atoms with Crippen LogP contribution < -0.4 is 26.4 Å². The van der Waals surface area contributed by atoms with E-state index in [9.17, 15) is 110 Å². The second-order valence-corrected chi connectivity index (χ2v) is 18.2. The molecule has 0 atom stereocenters. The van der Waals surface area contributed by atoms with E-state index in [1.807, 2.05) is 36.4 Å². The van der Waals surface area contributed by atoms with Crippen molar-refractivity contribution < 1.29 is 115 Å². The van der Waals surface area contributed by atoms with E-state index in [1.165, 1.54) is 36.9 Å². The molecule has 1 heterocycles. The topological polar surface area (TPSA) is 20.9 Å². The van der Waals surface area contributed by atoms with E-state index in [2.05, 4.69) is 23.8 Å². The lowest BCUT2D eigenvalue weighted by Crippen LogP contribution is -2.75. The first-order valence-electron chi connectivity index (χ1n) is 22.4. The smallest absolute Gasteiger partial charge is 0.287 e. The summed E-state index contributed by atoms with van der Waals surface area (Å²) in [5.74, 6) is 0.806. The van der Waals surface area contributed by atoms with Gasteiger partial charge in [0, 0.05) is 23.1 Å². The Morgan fingerprint density at radius 1 is 0.410 bits per heavy atom. The molecule has 0 unspecified atom stereocenters. The second kappa shape index (κ2) is 21.2. The number of aryl methyl sites for hydroxylation is 1. The molecule has 5 aromatic carbocycles. The fraction of sp³-hybridized carbons (Fsp3) is 0.294. The minimum absolute atomic E-state index is 0.186. The van der Waals surface area contributed by atoms with Crippen molar-refractivity contribution in [3.63, 3.8) is 0 Å². The van der Waals surface area contributed by atoms with Crippen LogP contribution in [0.5, 0.6) is 0 Å². The summed E-state index contributed by atoms with van der Waals surface area (Å²) < 4.78 is 343. The Morgan fingerprint density at radius 3 is 0.936 bits per heavy atom. The molecule has 0 saturated heterocycles. The van der Waals surface area contributed by atoms with Crippen LogP contribution >= 0.6 is 0 Å². The Kier molecular flexibility index (Phi) is 16.4. The van der Waals surface area contributed by atoms with E-state index >= 15 is 0 Å². The van der Waals surface area contributed by atoms with E-state index in [1.54, 1.807) is 0 Å². The molecule has 0 amide bonds. The number of hydrogen-bond acceptors (Lipinski definition) is 1. The summed E-state index contributed by atoms with van der Waals surface area (Å²) in [6, 6.07) is 4.98. The predicted octanol–water partition coefficient (Wildman–Crippen LogP) is 15.0. The van der Waals surface area contributed by atoms with Crippen molar-refractivity contribution in [3.8, 4) is 0 Å². The highest BCUT2D eigenvalue weighted by Crippen LogP contribution is 2.42. The van der Waals surface area contributed by atoms with Crippen LogP contribution in [0.4, 0.5) is 105 Å². The second-order valence-electron chi connectivity index (χ2n) is 18.2. The molecular weight excluding hydrogens is 1110 g/mol. The summed E-state index contributed by atoms with van der Waals surface area (Å²) in [5, 5.41) is 0. The van der Waals surface area contributed by atoms with Crippen molar-refractivity contribution in [1.82, 2.24) is 0 Å². The van der Waals surface area contributed by atoms with Crippen LogP contribution in [-0.2, 0) is 56.0 Å². The Hall–Kier alpha value is -6.70. The number of halogens is 24. The van der Waals surface area contributed by atoms with Crippen molar-refractivity contribution in [1.29, 1.82) is 0 Å². The average molecular weight is 1140 g/mol. The number of pyridine rings is 1. The molecule has 1 saturated carbocycles. The van der Waals surface area contributed by atoms with E-state index in [0.717, 1.165) is 5.56 Å². The van der Waals surface area contributed by atoms with Gasteiger partial charge < -0.3 is 0 Å². The monoisotopic (exact) mass is 1140 g/mol. The Bertz CT molecular complexity index is 2700. The molecule has 0 aliphatic heterocycles. The molecule has 0 N–H and O–H groups in total. The molecule has 27 heteroatoms. The number of hydrogen-bond donors (Lipinski definition) is 0. The molecule has 7 rings (SSSR count). The molecule has 78 heavy (non-hydrogen) atoms. The summed E-state index contributed by atoms with van der Waals surface area (Å²) in [4.78, 5) is 12.5. The lowest BCUT2D eigenvalue weighted by Gasteiger charge is -2.46. The number of rotatable bonds is 8. The van der Waals surface area contributed by atoms with Gasteiger partial charge in [-0.1, -0.05) is 91.7 Å². The summed E-state index contributed by atoms with van der Waals surface area (Å²) in [7, 11) is 0. The van der Waals surface area contributed by atoms with Crippen molar-refractivity contribution in [2.75, 3.05) is 0 Å². The number of aromatic nitrogens is 1. The van der Waals surface area contributed by atoms with Crippen LogP contribution in [0.15, 0.2) is 121 Å². The lowest BCUT2D eigenvalue weighted by molar-refractivity contribution is -0.692. The largest absolute Gasteiger partial charge is 0.416 e. The van der Waals surface area contributed by atoms with Crippen LogP contribution in [-0.4, -0.2) is 11.9 Å². The summed E-state index contributed by atoms with van der Waals surface area (Å²) >= 11 is 0. The molecule has 420 valence electrons. The minimum Gasteiger partial charge on any atom is -0.287 e. The maximum Gasteiger partial charge on any atom is 0.416 e. The Labute approximate surface area is 425 Å². The van der Waals surface area contributed by atoms with Crippen molar-refractivity contribution in [2.45, 2.75) is 94.5 Å². The zero-order valence-electron chi connectivity index (χ0n) is 39.2. The number of benzene rings is 5. The van der Waals surface area contributed by atoms with Gasteiger partial charge in [-0.2, -0.15) is 132 Å². The number of carbonyl (C=O) groups excluding carboxylic acids is 1. The van der Waals surface area contributed by atoms with Crippen LogP contribution in [0.25, 0.3) is 0 Å². The Balaban J connectivity index is 0.000000387. The first-order valence-corrected chi connectivity index (χ1v) is 22.4. The fourth-order valence-electron chi connectivity index (χ4n) is 9.52. The van der Waals surface area contributed by atoms with Gasteiger partial charge in [0.2, 0.25) is 12.3 Å². The van der Waals surface area contributed by atoms with Gasteiger partial charge in [-0.3, -0.25) is 4.79 Å². The number of ketones is 1. The van der Waals surface area contributed by atoms with E-state index in [0.29, 0.717) is 12.5 Å². The van der Waals surface area contributed by atoms with Crippen LogP contribution in [0, 0.1) is 6.92 Å². The third kappa shape index (κ3) is 13.6. The van der Waals surface area contributed by atoms with Gasteiger partial charge in [-0.05, 0) is 50.1 Å². The highest BCUT2D eigenvalue weighted by Gasteiger charge is 2.47. The molecule has 1 aliphatic rings. The number of alkyl halides is 24. The van der Waals surface area contributed by atoms with Crippen molar-refractivity contribution in [2.24, 2.45) is 0 Å². The normalized spacial score (nSPS) is 14.6. The first kappa shape index (κ1) is 60.5. The average Bonchev–Trinajstić information content (AvgIpc) is 3.85. The highest BCUT2D eigenvalue weighted by atomic mass is 19.4. The van der Waals surface area contributed by atoms with Crippen molar-refractivity contribution in [3.05, 3.63) is 183 Å². The molecule has 1 fully saturated rings. The SMILES string of the molecule is Cc1ccc[n+](CC(=O)c2ccccc2)c1C1CCCC1.FC(F)(F)c1cc([B-](c2cc(C(F)(F)F)cc(C(F)(F)F)c2)(c2cc(C(F)(F)F)cc(C(F)(F)F)c2)c2cc(C(F)(F)F)cc(C(F)(F)F)c2)cc(C(F)(F)F)c1. The maximum atomic E-state index is 14.2. The van der Waals surface area contributed by atoms with Crippen LogP contribution in [0.1, 0.15) is 97.7 Å². The molecule has 0 radical (unpaired) electrons. The quantitative estimate of drug-likeness (QED) is 0.0644. The lowest BCUT2D eigenvalue weighted by atomic mass is 9.12. The first-order chi connectivity index (χ1) is 35.5. The maximum absolute atomic E-state index is 14.2. The summed E-state index contributed by atoms with van der Waals surface area (Å²) in [5.41, 5.74) is -26.7. The van der Waals surface area contributed by atoms with Gasteiger partial charge in [-0.15, -0.1) is 0 Å². The number of Topliss-reactive ketones (excluding diaryl/α,β-unsaturated/α-hetero) is 1. The molecule has 6 aromatic rings. The molecular formula is C51H34BF24NO. The standard InChI is InChI=1S/C32H12BF24.C19H22NO/c34-25(35,36)13-1-14(26(37,38)39)6-21(5-13)33(22-7-15(27(40,41)42)2-16(8-22)28(43,44)45,23-9-17(29(46,47)48)3-18(10-23)30(49,50)51)24-11-19(31(52,53)54)4-20(12-24)32(55,56)57;1-15-8-7-13-20(19(15)17-11-5-6-12-17)14-18(21)16-9-3-2-4-10-16/h1-12H;2-4,7-10,13,17H,5-6,11-12,14H2,1H3/q-1;+1. The van der Waals surface area contributed by atoms with Gasteiger partial charge in [0.15, 0.2) is 11.9 Å². The molecule has 0 bridgehead atoms. The minimum atomic E-state index is -6.13. The predicted molar refractivity (Wildman–Crippen MR) is 233 cm³/mol. The molecule has 0 spiro atoms. The molecule has 1 aromatic heterocycles. The van der Waals surface area contributed by atoms with Crippen LogP contribution in [0.3, 0.4) is 0 Å². The van der Waals surface area contributed by atoms with Gasteiger partial charge in [0.1, 0.15) is 6.15 Å². The van der Waals surface area contributed by atoms with E-state index < -0.39 is 195 Å². The van der Waals surface area contributed by atoms with Crippen molar-refractivity contribution >= 4 is 33.8 Å². The number of nitrogens with zero attached hydrogens (tertiary/aromatic N) is 1. The van der Waals surface area contributed by atoms with Gasteiger partial charge in [0.05, 0.1) is 44.5 Å². The van der Waals surface area contributed by atoms with Gasteiger partial charge in [-0.25, -0.2) is 0 Å². The zero-order chi connectivity index (χ0) is 58.6. The molecule has 2 nitrogen and oxygen atoms in total.